The van der Waals surface area contributed by atoms with Crippen LogP contribution in [0.5, 0.6) is 0 Å². The van der Waals surface area contributed by atoms with Crippen molar-refractivity contribution in [2.75, 3.05) is 10.2 Å². The van der Waals surface area contributed by atoms with Crippen molar-refractivity contribution >= 4 is 78.2 Å². The van der Waals surface area contributed by atoms with Crippen LogP contribution in [-0.4, -0.2) is 7.28 Å². The minimum atomic E-state index is 0.0632. The molecule has 2 heterocycles. The minimum Gasteiger partial charge on any atom is -0.355 e. The van der Waals surface area contributed by atoms with Crippen molar-refractivity contribution in [2.24, 2.45) is 0 Å². The molecule has 0 atom stereocenters. The number of nitrogens with zero attached hydrogens (tertiary/aromatic N) is 1. The second-order valence-electron chi connectivity index (χ2n) is 20.1. The lowest BCUT2D eigenvalue weighted by atomic mass is 9.55. The average Bonchev–Trinajstić information content (AvgIpc) is 3.73. The maximum Gasteiger partial charge on any atom is 0.198 e. The van der Waals surface area contributed by atoms with Gasteiger partial charge in [-0.05, 0) is 134 Å². The van der Waals surface area contributed by atoms with E-state index in [0.29, 0.717) is 0 Å². The third-order valence-electron chi connectivity index (χ3n) is 14.9. The number of anilines is 5. The molecule has 324 valence electrons. The molecule has 1 aromatic heterocycles. The lowest BCUT2D eigenvalue weighted by Crippen LogP contribution is -2.44. The van der Waals surface area contributed by atoms with Gasteiger partial charge in [0, 0.05) is 54.2 Å². The van der Waals surface area contributed by atoms with Crippen LogP contribution in [0.2, 0.25) is 0 Å². The van der Waals surface area contributed by atoms with E-state index in [2.05, 4.69) is 239 Å². The second kappa shape index (κ2) is 16.0. The maximum atomic E-state index is 4.02. The van der Waals surface area contributed by atoms with Gasteiger partial charge in [0.05, 0.1) is 0 Å². The molecule has 0 radical (unpaired) electrons. The molecule has 1 aliphatic carbocycles. The fourth-order valence-corrected chi connectivity index (χ4v) is 12.2. The van der Waals surface area contributed by atoms with Gasteiger partial charge in [0.2, 0.25) is 0 Å². The average molecular weight is 881 g/mol. The number of benzene rings is 9. The van der Waals surface area contributed by atoms with E-state index >= 15 is 0 Å². The Morgan fingerprint density at radius 3 is 1.72 bits per heavy atom. The topological polar surface area (TPSA) is 15.3 Å². The molecule has 0 unspecified atom stereocenters. The molecule has 67 heavy (non-hydrogen) atoms. The van der Waals surface area contributed by atoms with Gasteiger partial charge in [-0.25, -0.2) is 0 Å². The summed E-state index contributed by atoms with van der Waals surface area (Å²) in [5.41, 5.74) is 22.8. The molecular formula is C63H53BN2S. The fraction of sp³-hybridized carbons (Fsp3) is 0.143. The molecule has 0 saturated carbocycles. The van der Waals surface area contributed by atoms with Crippen LogP contribution in [-0.2, 0) is 10.8 Å². The van der Waals surface area contributed by atoms with Gasteiger partial charge in [-0.3, -0.25) is 0 Å². The number of hydrogen-bond donors (Lipinski definition) is 1. The Balaban J connectivity index is 1.15. The lowest BCUT2D eigenvalue weighted by Gasteiger charge is -2.44. The smallest absolute Gasteiger partial charge is 0.198 e. The summed E-state index contributed by atoms with van der Waals surface area (Å²) >= 11 is 1.91. The Hall–Kier alpha value is -7.14. The quantitative estimate of drug-likeness (QED) is 0.160. The summed E-state index contributed by atoms with van der Waals surface area (Å²) in [6.07, 6.45) is 2.34. The van der Waals surface area contributed by atoms with E-state index in [0.717, 1.165) is 18.7 Å². The van der Waals surface area contributed by atoms with Gasteiger partial charge in [0.1, 0.15) is 0 Å². The molecule has 9 aromatic carbocycles. The highest BCUT2D eigenvalue weighted by molar-refractivity contribution is 7.26. The van der Waals surface area contributed by atoms with Crippen LogP contribution in [0.15, 0.2) is 194 Å². The molecule has 0 fully saturated rings. The standard InChI is InChI=1S/C63H53BN2S/c1-40-25-26-46(43-21-13-8-14-22-43)36-54(40)66-55-38-51-50(62(2,3)33-34-63(51,4)5)37-52(55)64-61-56(66)39-58-59(49-23-15-16-24-57(49)67-58)60(61)48-32-29-45(42-19-11-7-12-20-42)35-53(48)65-47-30-27-44(28-31-47)41-17-9-6-10-18-41/h6-32,35-39,64-65H,33-34H2,1-5H3. The maximum absolute atomic E-state index is 4.02. The largest absolute Gasteiger partial charge is 0.355 e. The highest BCUT2D eigenvalue weighted by Gasteiger charge is 2.40. The Bertz CT molecular complexity index is 3520. The molecule has 0 bridgehead atoms. The Labute approximate surface area is 399 Å². The van der Waals surface area contributed by atoms with Crippen molar-refractivity contribution in [1.82, 2.24) is 0 Å². The SMILES string of the molecule is Cc1ccc(-c2ccccc2)cc1N1c2cc3c(cc2Bc2c1cc1sc4ccccc4c1c2-c1ccc(-c2ccccc2)cc1Nc1ccc(-c2ccccc2)cc1)C(C)(C)CCC3(C)C. The summed E-state index contributed by atoms with van der Waals surface area (Å²) in [5, 5.41) is 6.65. The summed E-state index contributed by atoms with van der Waals surface area (Å²) in [5.74, 6) is 0. The molecule has 2 aliphatic rings. The van der Waals surface area contributed by atoms with Crippen LogP contribution in [0.25, 0.3) is 64.7 Å². The summed E-state index contributed by atoms with van der Waals surface area (Å²) in [6, 6.07) is 72.1. The zero-order valence-electron chi connectivity index (χ0n) is 39.0. The summed E-state index contributed by atoms with van der Waals surface area (Å²) < 4.78 is 2.60. The fourth-order valence-electron chi connectivity index (χ4n) is 11.0. The number of hydrogen-bond acceptors (Lipinski definition) is 3. The first kappa shape index (κ1) is 41.3. The van der Waals surface area contributed by atoms with E-state index in [1.165, 1.54) is 122 Å². The van der Waals surface area contributed by atoms with Crippen molar-refractivity contribution in [3.63, 3.8) is 0 Å². The van der Waals surface area contributed by atoms with Crippen LogP contribution >= 0.6 is 11.3 Å². The monoisotopic (exact) mass is 880 g/mol. The first-order chi connectivity index (χ1) is 32.6. The van der Waals surface area contributed by atoms with Crippen molar-refractivity contribution in [2.45, 2.75) is 58.3 Å². The molecular weight excluding hydrogens is 828 g/mol. The van der Waals surface area contributed by atoms with Gasteiger partial charge in [0.15, 0.2) is 7.28 Å². The van der Waals surface area contributed by atoms with Crippen LogP contribution < -0.4 is 21.1 Å². The third-order valence-corrected chi connectivity index (χ3v) is 16.0. The third kappa shape index (κ3) is 7.18. The normalized spacial score (nSPS) is 14.6. The van der Waals surface area contributed by atoms with E-state index < -0.39 is 0 Å². The van der Waals surface area contributed by atoms with E-state index in [-0.39, 0.29) is 10.8 Å². The number of fused-ring (bicyclic) bond motifs is 6. The number of thiophene rings is 1. The minimum absolute atomic E-state index is 0.0632. The molecule has 0 saturated heterocycles. The number of rotatable bonds is 7. The van der Waals surface area contributed by atoms with Crippen molar-refractivity contribution in [3.05, 3.63) is 211 Å². The molecule has 1 N–H and O–H groups in total. The van der Waals surface area contributed by atoms with Crippen molar-refractivity contribution < 1.29 is 0 Å². The van der Waals surface area contributed by atoms with Gasteiger partial charge < -0.3 is 10.2 Å². The molecule has 10 aromatic rings. The summed E-state index contributed by atoms with van der Waals surface area (Å²) in [4.78, 5) is 2.65. The number of aryl methyl sites for hydroxylation is 1. The zero-order valence-corrected chi connectivity index (χ0v) is 39.8. The van der Waals surface area contributed by atoms with Gasteiger partial charge in [0.25, 0.3) is 0 Å². The van der Waals surface area contributed by atoms with Crippen molar-refractivity contribution in [1.29, 1.82) is 0 Å². The van der Waals surface area contributed by atoms with Crippen LogP contribution in [0.1, 0.15) is 57.2 Å². The van der Waals surface area contributed by atoms with Gasteiger partial charge in [-0.1, -0.05) is 185 Å². The molecule has 0 spiro atoms. The molecule has 0 amide bonds. The Kier molecular flexibility index (Phi) is 9.89. The predicted octanol–water partition coefficient (Wildman–Crippen LogP) is 16.3. The molecule has 4 heteroatoms. The van der Waals surface area contributed by atoms with Gasteiger partial charge in [-0.15, -0.1) is 11.3 Å². The van der Waals surface area contributed by atoms with E-state index in [1.807, 2.05) is 11.3 Å². The summed E-state index contributed by atoms with van der Waals surface area (Å²) in [6.45, 7) is 12.1. The van der Waals surface area contributed by atoms with E-state index in [4.69, 9.17) is 0 Å². The Morgan fingerprint density at radius 1 is 0.493 bits per heavy atom. The summed E-state index contributed by atoms with van der Waals surface area (Å²) in [7, 11) is 0.823. The van der Waals surface area contributed by atoms with Crippen LogP contribution in [0.4, 0.5) is 28.4 Å². The van der Waals surface area contributed by atoms with Crippen LogP contribution in [0.3, 0.4) is 0 Å². The highest BCUT2D eigenvalue weighted by Crippen LogP contribution is 2.51. The second-order valence-corrected chi connectivity index (χ2v) is 21.2. The molecule has 2 nitrogen and oxygen atoms in total. The van der Waals surface area contributed by atoms with Gasteiger partial charge in [-0.2, -0.15) is 0 Å². The predicted molar refractivity (Wildman–Crippen MR) is 292 cm³/mol. The van der Waals surface area contributed by atoms with E-state index in [1.54, 1.807) is 0 Å². The number of nitrogens with one attached hydrogen (secondary N) is 1. The highest BCUT2D eigenvalue weighted by atomic mass is 32.1. The molecule has 12 rings (SSSR count). The lowest BCUT2D eigenvalue weighted by molar-refractivity contribution is 0.332. The first-order valence-electron chi connectivity index (χ1n) is 23.8. The first-order valence-corrected chi connectivity index (χ1v) is 24.6. The van der Waals surface area contributed by atoms with Crippen LogP contribution in [0, 0.1) is 6.92 Å². The zero-order chi connectivity index (χ0) is 45.4. The Morgan fingerprint density at radius 2 is 1.04 bits per heavy atom. The molecule has 1 aliphatic heterocycles. The van der Waals surface area contributed by atoms with Gasteiger partial charge >= 0.3 is 0 Å². The van der Waals surface area contributed by atoms with Crippen molar-refractivity contribution in [3.8, 4) is 44.5 Å². The van der Waals surface area contributed by atoms with E-state index in [9.17, 15) is 0 Å².